The number of imide groups is 3. The average molecular weight is 2860 g/mol. The highest BCUT2D eigenvalue weighted by atomic mass is 127. The molecule has 4 aliphatic carbocycles. The van der Waals surface area contributed by atoms with Crippen LogP contribution in [-0.2, 0) is 93.0 Å². The maximum atomic E-state index is 13.0. The summed E-state index contributed by atoms with van der Waals surface area (Å²) < 4.78 is 179. The molecule has 4 aromatic carbocycles. The first-order valence-electron chi connectivity index (χ1n) is 30.9. The van der Waals surface area contributed by atoms with Gasteiger partial charge in [-0.1, -0.05) is 12.2 Å². The second-order valence-corrected chi connectivity index (χ2v) is 42.5. The van der Waals surface area contributed by atoms with Crippen LogP contribution in [0.3, 0.4) is 0 Å². The zero-order valence-corrected chi connectivity index (χ0v) is 82.5. The van der Waals surface area contributed by atoms with Gasteiger partial charge in [-0.05, 0) is 353 Å². The Bertz CT molecular complexity index is 4870. The van der Waals surface area contributed by atoms with Crippen LogP contribution < -0.4 is 21.3 Å². The van der Waals surface area contributed by atoms with Crippen LogP contribution in [0.15, 0.2) is 72.8 Å². The molecular weight excluding hydrogens is 2810 g/mol. The van der Waals surface area contributed by atoms with E-state index in [1.54, 1.807) is 24.3 Å². The van der Waals surface area contributed by atoms with Crippen molar-refractivity contribution in [1.29, 1.82) is 0 Å². The molecule has 8 atom stereocenters. The fourth-order valence-electron chi connectivity index (χ4n) is 11.1. The van der Waals surface area contributed by atoms with Crippen molar-refractivity contribution in [3.05, 3.63) is 134 Å². The lowest BCUT2D eigenvalue weighted by molar-refractivity contribution is -0.154. The van der Waals surface area contributed by atoms with Gasteiger partial charge in [-0.25, -0.2) is 38.5 Å². The normalized spacial score (nSPS) is 18.8. The summed E-state index contributed by atoms with van der Waals surface area (Å²) in [5.74, 6) is -14.0. The first-order valence-corrected chi connectivity index (χ1v) is 48.9. The predicted octanol–water partition coefficient (Wildman–Crippen LogP) is 7.99. The molecule has 32 nitrogen and oxygen atoms in total. The SMILES string of the molecule is O=C(/C=C/C(=O)OCC(F)(F)S(=O)(=O)[O-])NC(=O)c1cc(I)cc(I)c1I.O=C(CCCNC(=O)c1cc(I)cc(I)c1O)OCCS(=O)(=O)[O-].O=C(NC(=O)C1C2C=CC(C2)C1C(=O)OCCS(=O)(=O)[O-])c1cc(I)cc(I)c1I.O=C(NC(=O)C1C2CCC(C2)C1C(=O)OCCS(=O)(=O)[O-])c1cc(I)cc(I)c1I. The number of ether oxygens (including phenoxy) is 4. The lowest BCUT2D eigenvalue weighted by Gasteiger charge is -2.28. The summed E-state index contributed by atoms with van der Waals surface area (Å²) in [6.45, 7) is -3.40. The van der Waals surface area contributed by atoms with Gasteiger partial charge in [-0.15, -0.1) is 0 Å². The van der Waals surface area contributed by atoms with Crippen molar-refractivity contribution in [2.75, 3.05) is 50.2 Å². The molecule has 4 bridgehead atoms. The van der Waals surface area contributed by atoms with E-state index in [1.807, 2.05) is 171 Å². The lowest BCUT2D eigenvalue weighted by atomic mass is 9.78. The van der Waals surface area contributed by atoms with Gasteiger partial charge in [0.2, 0.25) is 11.8 Å². The Labute approximate surface area is 782 Å². The first-order chi connectivity index (χ1) is 51.3. The minimum absolute atomic E-state index is 0.0290. The number of fused-ring (bicyclic) bond motifs is 4. The molecule has 8 rings (SSSR count). The number of carbonyl (C=O) groups excluding carboxylic acids is 11. The number of phenolic OH excluding ortho intramolecular Hbond substituents is 1. The van der Waals surface area contributed by atoms with Crippen LogP contribution in [0.4, 0.5) is 8.78 Å². The van der Waals surface area contributed by atoms with Gasteiger partial charge in [0, 0.05) is 60.8 Å². The molecule has 49 heteroatoms. The van der Waals surface area contributed by atoms with Gasteiger partial charge in [-0.3, -0.25) is 63.9 Å². The molecule has 0 aliphatic heterocycles. The molecule has 8 unspecified atom stereocenters. The summed E-state index contributed by atoms with van der Waals surface area (Å²) in [5, 5.41) is 14.5. The largest absolute Gasteiger partial charge is 0.748 e. The number of nitrogens with one attached hydrogen (secondary N) is 4. The van der Waals surface area contributed by atoms with E-state index in [0.29, 0.717) is 43.3 Å². The van der Waals surface area contributed by atoms with Gasteiger partial charge in [0.1, 0.15) is 25.6 Å². The van der Waals surface area contributed by atoms with Gasteiger partial charge >= 0.3 is 29.1 Å². The molecular formula is C62H53F2I11N4O28S4-4. The molecule has 3 fully saturated rings. The Morgan fingerprint density at radius 2 is 0.865 bits per heavy atom. The smallest absolute Gasteiger partial charge is 0.367 e. The van der Waals surface area contributed by atoms with Crippen LogP contribution in [-0.4, -0.2) is 178 Å². The summed E-state index contributed by atoms with van der Waals surface area (Å²) in [5.41, 5.74) is 1.13. The van der Waals surface area contributed by atoms with Crippen LogP contribution in [0.25, 0.3) is 0 Å². The zero-order valence-electron chi connectivity index (χ0n) is 55.5. The second-order valence-electron chi connectivity index (χ2n) is 23.6. The monoisotopic (exact) mass is 2860 g/mol. The van der Waals surface area contributed by atoms with Crippen LogP contribution in [0.1, 0.15) is 80.0 Å². The summed E-state index contributed by atoms with van der Waals surface area (Å²) in [7, 11) is -19.4. The van der Waals surface area contributed by atoms with E-state index in [2.05, 4.69) is 138 Å². The lowest BCUT2D eigenvalue weighted by Crippen LogP contribution is -2.44. The van der Waals surface area contributed by atoms with Crippen LogP contribution in [0, 0.1) is 86.6 Å². The van der Waals surface area contributed by atoms with Crippen LogP contribution in [0.5, 0.6) is 5.75 Å². The highest BCUT2D eigenvalue weighted by molar-refractivity contribution is 14.1. The van der Waals surface area contributed by atoms with Crippen LogP contribution in [0.2, 0.25) is 0 Å². The standard InChI is InChI=1S/C18H18I3NO7S.C18H16I3NO7S.C13H8F2I3NO7S.C13H15I2NO7S/c2*19-10-6-11(15(21)12(20)7-10)16(23)22-17(24)13-8-1-2-9(5-8)14(13)18(25)29-3-4-30(26,27)28;14-13(15,27(23,24)25)5-26-10(21)2-1-9(20)19-12(22)7-3-6(16)4-8(17)11(7)18;14-8-6-9(12(18)10(15)7-8)13(19)16-3-1-2-11(17)23-4-5-24(20,21)22/h6-9,13-14H,1-5H2,(H,22,23,24)(H,26,27,28);1-2,6-9,13-14H,3-5H2,(H,22,23,24)(H,26,27,28);1-4H,5H2,(H,19,20,22)(H,23,24,25);6-7,18H,1-5H2,(H,16,19)(H,20,21,22)/p-4/b;;2-1+;. The molecule has 0 saturated heterocycles. The van der Waals surface area contributed by atoms with Crippen molar-refractivity contribution in [3.63, 3.8) is 0 Å². The highest BCUT2D eigenvalue weighted by Crippen LogP contribution is 2.53. The maximum Gasteiger partial charge on any atom is 0.367 e. The maximum absolute atomic E-state index is 13.0. The number of carbonyl (C=O) groups is 11. The number of phenols is 1. The highest BCUT2D eigenvalue weighted by Gasteiger charge is 2.55. The Morgan fingerprint density at radius 3 is 1.31 bits per heavy atom. The molecule has 4 aromatic rings. The van der Waals surface area contributed by atoms with Crippen molar-refractivity contribution < 1.29 is 137 Å². The van der Waals surface area contributed by atoms with E-state index in [-0.39, 0.29) is 59.9 Å². The number of esters is 4. The number of halogens is 13. The number of hydrogen-bond acceptors (Lipinski definition) is 28. The summed E-state index contributed by atoms with van der Waals surface area (Å²) >= 11 is 22.4. The van der Waals surface area contributed by atoms with Gasteiger partial charge in [0.25, 0.3) is 29.5 Å². The Morgan fingerprint density at radius 1 is 0.477 bits per heavy atom. The van der Waals surface area contributed by atoms with Crippen molar-refractivity contribution in [3.8, 4) is 5.75 Å². The topological polar surface area (TPSA) is 522 Å². The van der Waals surface area contributed by atoms with Crippen molar-refractivity contribution in [2.24, 2.45) is 47.3 Å². The summed E-state index contributed by atoms with van der Waals surface area (Å²) in [6, 6.07) is 13.8. The summed E-state index contributed by atoms with van der Waals surface area (Å²) in [6.07, 6.45) is 7.68. The van der Waals surface area contributed by atoms with Gasteiger partial charge in [0.15, 0.2) is 16.7 Å². The van der Waals surface area contributed by atoms with Crippen molar-refractivity contribution in [1.82, 2.24) is 21.3 Å². The van der Waals surface area contributed by atoms with E-state index >= 15 is 0 Å². The fourth-order valence-corrected chi connectivity index (χ4v) is 21.2. The molecule has 0 spiro atoms. The third-order valence-electron chi connectivity index (χ3n) is 15.9. The summed E-state index contributed by atoms with van der Waals surface area (Å²) in [4.78, 5) is 135. The van der Waals surface area contributed by atoms with E-state index in [1.165, 1.54) is 6.07 Å². The Balaban J connectivity index is 0.000000266. The number of benzene rings is 4. The third-order valence-corrected chi connectivity index (χ3v) is 31.2. The number of alkyl halides is 2. The fraction of sp³-hybridized carbons (Fsp3) is 0.371. The number of hydrogen-bond donors (Lipinski definition) is 5. The molecule has 0 heterocycles. The molecule has 5 N–H and O–H groups in total. The zero-order chi connectivity index (χ0) is 83.7. The number of rotatable bonds is 26. The molecule has 4 aliphatic rings. The van der Waals surface area contributed by atoms with E-state index < -0.39 is 178 Å². The van der Waals surface area contributed by atoms with Gasteiger partial charge < -0.3 is 47.6 Å². The van der Waals surface area contributed by atoms with Gasteiger partial charge in [0.05, 0.1) is 97.1 Å². The van der Waals surface area contributed by atoms with E-state index in [4.69, 9.17) is 9.47 Å². The van der Waals surface area contributed by atoms with Crippen molar-refractivity contribution >= 4 is 354 Å². The minimum atomic E-state index is -6.00. The minimum Gasteiger partial charge on any atom is -0.748 e. The Hall–Kier alpha value is -1.54. The van der Waals surface area contributed by atoms with Crippen molar-refractivity contribution in [2.45, 2.75) is 43.8 Å². The molecule has 111 heavy (non-hydrogen) atoms. The van der Waals surface area contributed by atoms with Crippen LogP contribution >= 0.6 is 248 Å². The molecule has 0 radical (unpaired) electrons. The Kier molecular flexibility index (Phi) is 40.2. The average Bonchev–Trinajstić information content (AvgIpc) is 1.62. The molecule has 0 aromatic heterocycles. The second kappa shape index (κ2) is 44.7. The van der Waals surface area contributed by atoms with E-state index in [9.17, 15) is 119 Å². The molecule has 608 valence electrons. The quantitative estimate of drug-likeness (QED) is 0.00457. The van der Waals surface area contributed by atoms with Gasteiger partial charge in [-0.2, -0.15) is 8.78 Å². The molecule has 3 saturated carbocycles. The first kappa shape index (κ1) is 100. The number of allylic oxidation sites excluding steroid dienone is 2. The number of amides is 7. The molecule has 7 amide bonds. The van der Waals surface area contributed by atoms with E-state index in [0.717, 1.165) is 45.0 Å². The number of aromatic hydroxyl groups is 1. The third kappa shape index (κ3) is 31.8. The predicted molar refractivity (Wildman–Crippen MR) is 473 cm³/mol.